The molecule has 2 rings (SSSR count). The van der Waals surface area contributed by atoms with E-state index in [1.165, 1.54) is 6.07 Å². The second-order valence-corrected chi connectivity index (χ2v) is 6.84. The second-order valence-electron chi connectivity index (χ2n) is 6.45. The quantitative estimate of drug-likeness (QED) is 0.794. The Hall–Kier alpha value is -1.45. The van der Waals surface area contributed by atoms with Crippen LogP contribution in [0, 0.1) is 12.7 Å². The van der Waals surface area contributed by atoms with Gasteiger partial charge in [-0.1, -0.05) is 25.4 Å². The molecule has 0 aliphatic heterocycles. The van der Waals surface area contributed by atoms with Crippen molar-refractivity contribution in [2.45, 2.75) is 46.2 Å². The number of halogens is 2. The fourth-order valence-corrected chi connectivity index (χ4v) is 2.82. The van der Waals surface area contributed by atoms with Gasteiger partial charge in [0.2, 0.25) is 0 Å². The molecule has 1 aromatic carbocycles. The van der Waals surface area contributed by atoms with Gasteiger partial charge in [0.05, 0.1) is 5.69 Å². The van der Waals surface area contributed by atoms with E-state index in [-0.39, 0.29) is 11.4 Å². The number of pyridine rings is 1. The van der Waals surface area contributed by atoms with Gasteiger partial charge >= 0.3 is 0 Å². The van der Waals surface area contributed by atoms with Gasteiger partial charge in [-0.3, -0.25) is 0 Å². The van der Waals surface area contributed by atoms with Gasteiger partial charge in [0.25, 0.3) is 0 Å². The Morgan fingerprint density at radius 1 is 1.18 bits per heavy atom. The number of aryl methyl sites for hydroxylation is 1. The maximum Gasteiger partial charge on any atom is 0.130 e. The Morgan fingerprint density at radius 3 is 2.45 bits per heavy atom. The lowest BCUT2D eigenvalue weighted by Crippen LogP contribution is -2.41. The van der Waals surface area contributed by atoms with Gasteiger partial charge in [0.15, 0.2) is 0 Å². The molecule has 0 saturated carbocycles. The van der Waals surface area contributed by atoms with Crippen LogP contribution in [0.3, 0.4) is 0 Å². The number of hydrogen-bond donors (Lipinski definition) is 1. The van der Waals surface area contributed by atoms with Crippen molar-refractivity contribution in [3.8, 4) is 11.3 Å². The van der Waals surface area contributed by atoms with Gasteiger partial charge in [-0.25, -0.2) is 9.37 Å². The highest BCUT2D eigenvalue weighted by Gasteiger charge is 2.22. The second kappa shape index (κ2) is 6.35. The van der Waals surface area contributed by atoms with Crippen LogP contribution < -0.4 is 5.32 Å². The van der Waals surface area contributed by atoms with Crippen LogP contribution in [0.5, 0.6) is 0 Å². The van der Waals surface area contributed by atoms with Crippen LogP contribution in [0.25, 0.3) is 11.3 Å². The van der Waals surface area contributed by atoms with Crippen LogP contribution >= 0.6 is 11.6 Å². The average Bonchev–Trinajstić information content (AvgIpc) is 2.39. The Balaban J connectivity index is 2.48. The fourth-order valence-electron chi connectivity index (χ4n) is 2.61. The summed E-state index contributed by atoms with van der Waals surface area (Å²) in [5.41, 5.74) is 3.04. The molecule has 4 heteroatoms. The van der Waals surface area contributed by atoms with Gasteiger partial charge in [-0.15, -0.1) is 0 Å². The Kier molecular flexibility index (Phi) is 4.88. The summed E-state index contributed by atoms with van der Waals surface area (Å²) in [6.07, 6.45) is 0. The fraction of sp³-hybridized carbons (Fsp3) is 0.389. The molecule has 118 valence electrons. The summed E-state index contributed by atoms with van der Waals surface area (Å²) >= 11 is 6.20. The van der Waals surface area contributed by atoms with Crippen LogP contribution in [0.4, 0.5) is 4.39 Å². The summed E-state index contributed by atoms with van der Waals surface area (Å²) in [6.45, 7) is 10.2. The van der Waals surface area contributed by atoms with E-state index in [9.17, 15) is 4.39 Å². The molecule has 0 spiro atoms. The molecule has 0 aliphatic rings. The lowest BCUT2D eigenvalue weighted by atomic mass is 9.92. The third-order valence-corrected chi connectivity index (χ3v) is 3.81. The first-order valence-corrected chi connectivity index (χ1v) is 7.79. The summed E-state index contributed by atoms with van der Waals surface area (Å²) in [7, 11) is 0. The molecule has 22 heavy (non-hydrogen) atoms. The summed E-state index contributed by atoms with van der Waals surface area (Å²) in [6, 6.07) is 9.21. The monoisotopic (exact) mass is 320 g/mol. The Morgan fingerprint density at radius 2 is 1.86 bits per heavy atom. The van der Waals surface area contributed by atoms with E-state index in [1.807, 2.05) is 12.1 Å². The molecule has 0 unspecified atom stereocenters. The molecule has 1 N–H and O–H groups in total. The van der Waals surface area contributed by atoms with Crippen LogP contribution in [0.1, 0.15) is 38.8 Å². The predicted molar refractivity (Wildman–Crippen MR) is 90.7 cm³/mol. The predicted octanol–water partition coefficient (Wildman–Crippen LogP) is 5.08. The van der Waals surface area contributed by atoms with Crippen molar-refractivity contribution in [3.05, 3.63) is 52.4 Å². The van der Waals surface area contributed by atoms with Crippen LogP contribution in [0.15, 0.2) is 30.3 Å². The number of nitrogens with zero attached hydrogens (tertiary/aromatic N) is 1. The van der Waals surface area contributed by atoms with Crippen molar-refractivity contribution in [2.24, 2.45) is 0 Å². The number of hydrogen-bond acceptors (Lipinski definition) is 2. The third kappa shape index (κ3) is 3.84. The van der Waals surface area contributed by atoms with E-state index < -0.39 is 0 Å². The van der Waals surface area contributed by atoms with Crippen molar-refractivity contribution in [1.82, 2.24) is 10.3 Å². The first kappa shape index (κ1) is 16.9. The summed E-state index contributed by atoms with van der Waals surface area (Å²) in [5.74, 6) is -0.215. The minimum atomic E-state index is -0.232. The van der Waals surface area contributed by atoms with Gasteiger partial charge < -0.3 is 5.32 Å². The van der Waals surface area contributed by atoms with Crippen molar-refractivity contribution in [1.29, 1.82) is 0 Å². The van der Waals surface area contributed by atoms with Gasteiger partial charge in [0, 0.05) is 17.1 Å². The molecule has 0 aliphatic carbocycles. The Labute approximate surface area is 136 Å². The maximum absolute atomic E-state index is 13.4. The molecular formula is C18H22ClFN2. The summed E-state index contributed by atoms with van der Waals surface area (Å²) < 4.78 is 13.4. The highest BCUT2D eigenvalue weighted by Crippen LogP contribution is 2.29. The molecule has 0 radical (unpaired) electrons. The van der Waals surface area contributed by atoms with Gasteiger partial charge in [-0.2, -0.15) is 0 Å². The minimum Gasteiger partial charge on any atom is -0.306 e. The summed E-state index contributed by atoms with van der Waals surface area (Å²) in [4.78, 5) is 4.38. The van der Waals surface area contributed by atoms with Crippen LogP contribution in [0.2, 0.25) is 5.15 Å². The maximum atomic E-state index is 13.4. The zero-order chi connectivity index (χ0) is 16.5. The van der Waals surface area contributed by atoms with E-state index >= 15 is 0 Å². The van der Waals surface area contributed by atoms with Crippen molar-refractivity contribution in [3.63, 3.8) is 0 Å². The standard InChI is InChI=1S/C18H22ClFN2/c1-11(2)22-18(4,5)14-9-16(21-17(19)10-14)13-6-7-15(20)12(3)8-13/h6-11,22H,1-5H3. The average molecular weight is 321 g/mol. The molecule has 0 amide bonds. The van der Waals surface area contributed by atoms with Crippen LogP contribution in [-0.2, 0) is 5.54 Å². The highest BCUT2D eigenvalue weighted by molar-refractivity contribution is 6.29. The van der Waals surface area contributed by atoms with Crippen molar-refractivity contribution in [2.75, 3.05) is 0 Å². The molecule has 0 atom stereocenters. The number of aromatic nitrogens is 1. The Bertz CT molecular complexity index is 681. The van der Waals surface area contributed by atoms with Gasteiger partial charge in [0.1, 0.15) is 11.0 Å². The van der Waals surface area contributed by atoms with Crippen LogP contribution in [-0.4, -0.2) is 11.0 Å². The molecule has 1 heterocycles. The zero-order valence-corrected chi connectivity index (χ0v) is 14.4. The van der Waals surface area contributed by atoms with E-state index in [0.717, 1.165) is 16.8 Å². The van der Waals surface area contributed by atoms with E-state index in [4.69, 9.17) is 11.6 Å². The first-order valence-electron chi connectivity index (χ1n) is 7.41. The minimum absolute atomic E-state index is 0.215. The lowest BCUT2D eigenvalue weighted by Gasteiger charge is -2.30. The molecule has 2 nitrogen and oxygen atoms in total. The normalized spacial score (nSPS) is 12.0. The van der Waals surface area contributed by atoms with Crippen molar-refractivity contribution < 1.29 is 4.39 Å². The van der Waals surface area contributed by atoms with E-state index in [0.29, 0.717) is 16.8 Å². The number of rotatable bonds is 4. The molecule has 2 aromatic rings. The smallest absolute Gasteiger partial charge is 0.130 e. The zero-order valence-electron chi connectivity index (χ0n) is 13.7. The molecule has 0 bridgehead atoms. The lowest BCUT2D eigenvalue weighted by molar-refractivity contribution is 0.365. The topological polar surface area (TPSA) is 24.9 Å². The highest BCUT2D eigenvalue weighted by atomic mass is 35.5. The number of benzene rings is 1. The molecule has 0 saturated heterocycles. The van der Waals surface area contributed by atoms with Crippen molar-refractivity contribution >= 4 is 11.6 Å². The molecule has 0 fully saturated rings. The third-order valence-electron chi connectivity index (χ3n) is 3.62. The first-order chi connectivity index (χ1) is 10.2. The van der Waals surface area contributed by atoms with E-state index in [1.54, 1.807) is 19.1 Å². The number of nitrogens with one attached hydrogen (secondary N) is 1. The SMILES string of the molecule is Cc1cc(-c2cc(C(C)(C)NC(C)C)cc(Cl)n2)ccc1F. The summed E-state index contributed by atoms with van der Waals surface area (Å²) in [5, 5.41) is 3.95. The molecule has 1 aromatic heterocycles. The largest absolute Gasteiger partial charge is 0.306 e. The van der Waals surface area contributed by atoms with E-state index in [2.05, 4.69) is 38.0 Å². The molecular weight excluding hydrogens is 299 g/mol. The van der Waals surface area contributed by atoms with Gasteiger partial charge in [-0.05, 0) is 62.2 Å².